The van der Waals surface area contributed by atoms with Crippen molar-refractivity contribution in [2.75, 3.05) is 6.61 Å². The van der Waals surface area contributed by atoms with Gasteiger partial charge in [0.2, 0.25) is 0 Å². The number of carbonyl (C=O) groups excluding carboxylic acids is 1. The number of allylic oxidation sites excluding steroid dienone is 1. The largest absolute Gasteiger partial charge is 0.494 e. The molecule has 0 unspecified atom stereocenters. The summed E-state index contributed by atoms with van der Waals surface area (Å²) >= 11 is 6.21. The second kappa shape index (κ2) is 9.23. The average Bonchev–Trinajstić information content (AvgIpc) is 2.56. The van der Waals surface area contributed by atoms with Crippen LogP contribution in [0.1, 0.15) is 32.9 Å². The summed E-state index contributed by atoms with van der Waals surface area (Å²) in [7, 11) is 0. The van der Waals surface area contributed by atoms with Crippen LogP contribution in [0.3, 0.4) is 0 Å². The molecule has 1 heterocycles. The van der Waals surface area contributed by atoms with Gasteiger partial charge in [-0.1, -0.05) is 24.6 Å². The molecule has 0 aliphatic rings. The van der Waals surface area contributed by atoms with Gasteiger partial charge in [-0.15, -0.1) is 0 Å². The van der Waals surface area contributed by atoms with Gasteiger partial charge in [-0.3, -0.25) is 4.98 Å². The van der Waals surface area contributed by atoms with Gasteiger partial charge in [-0.05, 0) is 50.1 Å². The Morgan fingerprint density at radius 1 is 1.28 bits per heavy atom. The highest BCUT2D eigenvalue weighted by molar-refractivity contribution is 6.32. The predicted molar refractivity (Wildman–Crippen MR) is 100 cm³/mol. The van der Waals surface area contributed by atoms with Gasteiger partial charge in [0.1, 0.15) is 23.0 Å². The molecule has 1 aromatic carbocycles. The molecule has 25 heavy (non-hydrogen) atoms. The molecule has 0 bridgehead atoms. The summed E-state index contributed by atoms with van der Waals surface area (Å²) in [5, 5.41) is 0.480. The smallest absolute Gasteiger partial charge is 0.146 e. The summed E-state index contributed by atoms with van der Waals surface area (Å²) in [6, 6.07) is 8.99. The summed E-state index contributed by atoms with van der Waals surface area (Å²) < 4.78 is 11.2. The SMILES string of the molecule is CCOc1ccc(Oc2ccc(/C=C/[C@H](C)CC(C)=O)nc2)c(Cl)c1. The van der Waals surface area contributed by atoms with E-state index in [-0.39, 0.29) is 11.7 Å². The summed E-state index contributed by atoms with van der Waals surface area (Å²) in [6.07, 6.45) is 6.06. The lowest BCUT2D eigenvalue weighted by molar-refractivity contribution is -0.117. The van der Waals surface area contributed by atoms with Crippen molar-refractivity contribution in [3.05, 3.63) is 53.3 Å². The number of carbonyl (C=O) groups is 1. The van der Waals surface area contributed by atoms with Gasteiger partial charge in [0.25, 0.3) is 0 Å². The van der Waals surface area contributed by atoms with Crippen molar-refractivity contribution in [3.63, 3.8) is 0 Å². The zero-order chi connectivity index (χ0) is 18.2. The lowest BCUT2D eigenvalue weighted by atomic mass is 10.0. The number of hydrogen-bond donors (Lipinski definition) is 0. The first-order valence-corrected chi connectivity index (χ1v) is 8.59. The van der Waals surface area contributed by atoms with Crippen molar-refractivity contribution < 1.29 is 14.3 Å². The molecule has 0 amide bonds. The third-order valence-electron chi connectivity index (χ3n) is 3.41. The van der Waals surface area contributed by atoms with Gasteiger partial charge >= 0.3 is 0 Å². The molecule has 132 valence electrons. The van der Waals surface area contributed by atoms with Crippen LogP contribution in [-0.2, 0) is 4.79 Å². The second-order valence-electron chi connectivity index (χ2n) is 5.79. The zero-order valence-corrected chi connectivity index (χ0v) is 15.4. The van der Waals surface area contributed by atoms with Gasteiger partial charge in [-0.25, -0.2) is 0 Å². The van der Waals surface area contributed by atoms with Crippen LogP contribution in [0.25, 0.3) is 6.08 Å². The molecule has 0 N–H and O–H groups in total. The maximum absolute atomic E-state index is 11.1. The van der Waals surface area contributed by atoms with Crippen molar-refractivity contribution in [1.29, 1.82) is 0 Å². The normalized spacial score (nSPS) is 12.2. The first-order valence-electron chi connectivity index (χ1n) is 8.21. The quantitative estimate of drug-likeness (QED) is 0.619. The minimum atomic E-state index is 0.182. The van der Waals surface area contributed by atoms with Crippen LogP contribution in [0, 0.1) is 5.92 Å². The molecule has 0 saturated carbocycles. The number of pyridine rings is 1. The number of ketones is 1. The standard InChI is InChI=1S/C20H22ClNO3/c1-4-24-17-9-10-20(19(21)12-17)25-18-8-7-16(22-13-18)6-5-14(2)11-15(3)23/h5-10,12-14H,4,11H2,1-3H3/b6-5+/t14-/m0/s1. The Morgan fingerprint density at radius 3 is 2.64 bits per heavy atom. The van der Waals surface area contributed by atoms with Crippen LogP contribution in [0.15, 0.2) is 42.6 Å². The summed E-state index contributed by atoms with van der Waals surface area (Å²) in [5.74, 6) is 2.22. The lowest BCUT2D eigenvalue weighted by Crippen LogP contribution is -1.98. The highest BCUT2D eigenvalue weighted by Crippen LogP contribution is 2.32. The minimum Gasteiger partial charge on any atom is -0.494 e. The number of halogens is 1. The Morgan fingerprint density at radius 2 is 2.04 bits per heavy atom. The maximum atomic E-state index is 11.1. The van der Waals surface area contributed by atoms with E-state index in [9.17, 15) is 4.79 Å². The van der Waals surface area contributed by atoms with Crippen LogP contribution in [0.5, 0.6) is 17.2 Å². The third kappa shape index (κ3) is 6.24. The monoisotopic (exact) mass is 359 g/mol. The van der Waals surface area contributed by atoms with E-state index in [2.05, 4.69) is 4.98 Å². The lowest BCUT2D eigenvalue weighted by Gasteiger charge is -2.09. The Hall–Kier alpha value is -2.33. The van der Waals surface area contributed by atoms with E-state index < -0.39 is 0 Å². The number of hydrogen-bond acceptors (Lipinski definition) is 4. The maximum Gasteiger partial charge on any atom is 0.146 e. The van der Waals surface area contributed by atoms with Crippen molar-refractivity contribution in [1.82, 2.24) is 4.98 Å². The average molecular weight is 360 g/mol. The van der Waals surface area contributed by atoms with Crippen LogP contribution in [0.4, 0.5) is 0 Å². The highest BCUT2D eigenvalue weighted by atomic mass is 35.5. The zero-order valence-electron chi connectivity index (χ0n) is 14.7. The van der Waals surface area contributed by atoms with E-state index in [1.54, 1.807) is 25.3 Å². The van der Waals surface area contributed by atoms with Gasteiger partial charge in [0.15, 0.2) is 0 Å². The number of benzene rings is 1. The number of rotatable bonds is 8. The fourth-order valence-electron chi connectivity index (χ4n) is 2.28. The van der Waals surface area contributed by atoms with Crippen molar-refractivity contribution in [3.8, 4) is 17.2 Å². The Kier molecular flexibility index (Phi) is 7.02. The first-order chi connectivity index (χ1) is 12.0. The molecule has 2 aromatic rings. The highest BCUT2D eigenvalue weighted by Gasteiger charge is 2.06. The summed E-state index contributed by atoms with van der Waals surface area (Å²) in [4.78, 5) is 15.4. The van der Waals surface area contributed by atoms with E-state index in [1.165, 1.54) is 0 Å². The summed E-state index contributed by atoms with van der Waals surface area (Å²) in [5.41, 5.74) is 0.806. The van der Waals surface area contributed by atoms with E-state index >= 15 is 0 Å². The Balaban J connectivity index is 2.00. The number of Topliss-reactive ketones (excluding diaryl/α,β-unsaturated/α-hetero) is 1. The molecule has 2 rings (SSSR count). The molecule has 4 nitrogen and oxygen atoms in total. The molecular formula is C20H22ClNO3. The van der Waals surface area contributed by atoms with Crippen LogP contribution in [0.2, 0.25) is 5.02 Å². The first kappa shape index (κ1) is 19.0. The van der Waals surface area contributed by atoms with Gasteiger partial charge in [-0.2, -0.15) is 0 Å². The predicted octanol–water partition coefficient (Wildman–Crippen LogP) is 5.55. The fraction of sp³-hybridized carbons (Fsp3) is 0.300. The Labute approximate surface area is 153 Å². The minimum absolute atomic E-state index is 0.182. The summed E-state index contributed by atoms with van der Waals surface area (Å²) in [6.45, 7) is 6.10. The van der Waals surface area contributed by atoms with Gasteiger partial charge < -0.3 is 14.3 Å². The molecule has 0 spiro atoms. The Bertz CT molecular complexity index is 741. The van der Waals surface area contributed by atoms with E-state index in [1.807, 2.05) is 44.2 Å². The molecular weight excluding hydrogens is 338 g/mol. The molecule has 0 fully saturated rings. The van der Waals surface area contributed by atoms with E-state index in [0.29, 0.717) is 35.3 Å². The van der Waals surface area contributed by atoms with Gasteiger partial charge in [0, 0.05) is 12.5 Å². The van der Waals surface area contributed by atoms with Crippen LogP contribution in [-0.4, -0.2) is 17.4 Å². The van der Waals surface area contributed by atoms with Crippen LogP contribution >= 0.6 is 11.6 Å². The van der Waals surface area contributed by atoms with E-state index in [4.69, 9.17) is 21.1 Å². The van der Waals surface area contributed by atoms with Crippen molar-refractivity contribution in [2.45, 2.75) is 27.2 Å². The third-order valence-corrected chi connectivity index (χ3v) is 3.70. The topological polar surface area (TPSA) is 48.4 Å². The molecule has 0 radical (unpaired) electrons. The number of nitrogens with zero attached hydrogens (tertiary/aromatic N) is 1. The fourth-order valence-corrected chi connectivity index (χ4v) is 2.49. The molecule has 0 aliphatic carbocycles. The molecule has 0 saturated heterocycles. The molecule has 0 aliphatic heterocycles. The van der Waals surface area contributed by atoms with E-state index in [0.717, 1.165) is 5.69 Å². The molecule has 5 heteroatoms. The van der Waals surface area contributed by atoms with Crippen LogP contribution < -0.4 is 9.47 Å². The van der Waals surface area contributed by atoms with Crippen molar-refractivity contribution in [2.24, 2.45) is 5.92 Å². The molecule has 1 aromatic heterocycles. The molecule has 1 atom stereocenters. The number of ether oxygens (including phenoxy) is 2. The van der Waals surface area contributed by atoms with Crippen molar-refractivity contribution >= 4 is 23.5 Å². The van der Waals surface area contributed by atoms with Gasteiger partial charge in [0.05, 0.1) is 23.5 Å². The second-order valence-corrected chi connectivity index (χ2v) is 6.20. The number of aromatic nitrogens is 1.